The van der Waals surface area contributed by atoms with Crippen molar-refractivity contribution in [1.29, 1.82) is 0 Å². The minimum absolute atomic E-state index is 0.0318. The van der Waals surface area contributed by atoms with E-state index in [1.807, 2.05) is 6.92 Å². The molecule has 2 aliphatic carbocycles. The van der Waals surface area contributed by atoms with Gasteiger partial charge >= 0.3 is 5.97 Å². The molecule has 2 saturated carbocycles. The van der Waals surface area contributed by atoms with E-state index in [1.165, 1.54) is 24.0 Å². The zero-order valence-corrected chi connectivity index (χ0v) is 17.1. The number of rotatable bonds is 3. The van der Waals surface area contributed by atoms with Crippen molar-refractivity contribution in [3.63, 3.8) is 0 Å². The fraction of sp³-hybridized carbons (Fsp3) is 0.667. The molecule has 150 valence electrons. The molecule has 4 heteroatoms. The van der Waals surface area contributed by atoms with E-state index < -0.39 is 0 Å². The smallest absolute Gasteiger partial charge is 0.306 e. The Hall–Kier alpha value is -1.84. The summed E-state index contributed by atoms with van der Waals surface area (Å²) in [6, 6.07) is 9.27. The highest BCUT2D eigenvalue weighted by atomic mass is 16.6. The van der Waals surface area contributed by atoms with Gasteiger partial charge in [-0.1, -0.05) is 31.2 Å². The molecule has 5 rings (SSSR count). The van der Waals surface area contributed by atoms with Crippen LogP contribution in [0.4, 0.5) is 0 Å². The summed E-state index contributed by atoms with van der Waals surface area (Å²) in [6.07, 6.45) is 6.84. The van der Waals surface area contributed by atoms with Crippen LogP contribution in [0, 0.1) is 11.3 Å². The highest BCUT2D eigenvalue weighted by Crippen LogP contribution is 2.55. The summed E-state index contributed by atoms with van der Waals surface area (Å²) in [4.78, 5) is 26.6. The highest BCUT2D eigenvalue weighted by molar-refractivity contribution is 5.81. The first-order valence-corrected chi connectivity index (χ1v) is 11.0. The number of piperidine rings is 1. The Morgan fingerprint density at radius 1 is 1.11 bits per heavy atom. The van der Waals surface area contributed by atoms with Crippen molar-refractivity contribution >= 4 is 11.9 Å². The average molecular weight is 382 g/mol. The van der Waals surface area contributed by atoms with E-state index >= 15 is 0 Å². The van der Waals surface area contributed by atoms with Crippen LogP contribution in [0.3, 0.4) is 0 Å². The molecule has 2 saturated heterocycles. The minimum Gasteiger partial charge on any atom is -0.462 e. The van der Waals surface area contributed by atoms with Crippen LogP contribution in [0.1, 0.15) is 75.8 Å². The molecule has 2 aliphatic heterocycles. The summed E-state index contributed by atoms with van der Waals surface area (Å²) < 4.78 is 5.32. The van der Waals surface area contributed by atoms with Crippen LogP contribution in [-0.4, -0.2) is 36.0 Å². The van der Waals surface area contributed by atoms with Gasteiger partial charge in [-0.15, -0.1) is 0 Å². The molecule has 0 aromatic heterocycles. The predicted octanol–water partition coefficient (Wildman–Crippen LogP) is 4.18. The van der Waals surface area contributed by atoms with Gasteiger partial charge in [-0.25, -0.2) is 0 Å². The zero-order chi connectivity index (χ0) is 19.5. The Bertz CT molecular complexity index is 781. The highest BCUT2D eigenvalue weighted by Gasteiger charge is 2.57. The molecule has 1 aromatic rings. The minimum atomic E-state index is -0.0964. The van der Waals surface area contributed by atoms with Gasteiger partial charge in [0.2, 0.25) is 5.91 Å². The topological polar surface area (TPSA) is 46.6 Å². The number of carbonyl (C=O) groups is 2. The van der Waals surface area contributed by atoms with Gasteiger partial charge in [0.15, 0.2) is 0 Å². The third-order valence-corrected chi connectivity index (χ3v) is 8.21. The van der Waals surface area contributed by atoms with Gasteiger partial charge in [0.05, 0.1) is 6.42 Å². The van der Waals surface area contributed by atoms with Crippen molar-refractivity contribution < 1.29 is 14.3 Å². The molecule has 0 bridgehead atoms. The van der Waals surface area contributed by atoms with Gasteiger partial charge in [-0.2, -0.15) is 0 Å². The molecule has 2 heterocycles. The maximum atomic E-state index is 12.9. The van der Waals surface area contributed by atoms with E-state index in [0.717, 1.165) is 38.8 Å². The van der Waals surface area contributed by atoms with E-state index in [2.05, 4.69) is 36.1 Å². The van der Waals surface area contributed by atoms with E-state index in [0.29, 0.717) is 23.7 Å². The maximum absolute atomic E-state index is 12.9. The molecule has 0 N–H and O–H groups in total. The molecule has 0 radical (unpaired) electrons. The first kappa shape index (κ1) is 18.2. The Balaban J connectivity index is 1.14. The average Bonchev–Trinajstić information content (AvgIpc) is 3.35. The Labute approximate surface area is 167 Å². The molecule has 1 spiro atoms. The van der Waals surface area contributed by atoms with Gasteiger partial charge in [0.1, 0.15) is 6.10 Å². The van der Waals surface area contributed by atoms with Gasteiger partial charge in [0.25, 0.3) is 0 Å². The number of benzene rings is 1. The first-order valence-electron chi connectivity index (χ1n) is 11.0. The summed E-state index contributed by atoms with van der Waals surface area (Å²) in [5.41, 5.74) is 3.28. The van der Waals surface area contributed by atoms with E-state index in [4.69, 9.17) is 4.74 Å². The molecule has 4 fully saturated rings. The SMILES string of the molecule is CC1OC(=O)CC12CC(C(=O)N1CCC(c3ccc(C4(C)CC4)cc3)CC1)C2. The second kappa shape index (κ2) is 6.33. The molecular weight excluding hydrogens is 350 g/mol. The Morgan fingerprint density at radius 3 is 2.29 bits per heavy atom. The Morgan fingerprint density at radius 2 is 1.75 bits per heavy atom. The molecule has 4 nitrogen and oxygen atoms in total. The van der Waals surface area contributed by atoms with Crippen LogP contribution < -0.4 is 0 Å². The zero-order valence-electron chi connectivity index (χ0n) is 17.1. The number of carbonyl (C=O) groups excluding carboxylic acids is 2. The van der Waals surface area contributed by atoms with Crippen molar-refractivity contribution in [3.05, 3.63) is 35.4 Å². The number of amides is 1. The number of hydrogen-bond donors (Lipinski definition) is 0. The molecule has 1 atom stereocenters. The van der Waals surface area contributed by atoms with Crippen LogP contribution in [0.2, 0.25) is 0 Å². The number of likely N-dealkylation sites (tertiary alicyclic amines) is 1. The van der Waals surface area contributed by atoms with Gasteiger partial charge in [-0.05, 0) is 67.9 Å². The maximum Gasteiger partial charge on any atom is 0.306 e. The quantitative estimate of drug-likeness (QED) is 0.738. The molecule has 28 heavy (non-hydrogen) atoms. The molecule has 1 unspecified atom stereocenters. The third kappa shape index (κ3) is 2.96. The largest absolute Gasteiger partial charge is 0.462 e. The van der Waals surface area contributed by atoms with Crippen molar-refractivity contribution in [3.8, 4) is 0 Å². The van der Waals surface area contributed by atoms with E-state index in [1.54, 1.807) is 0 Å². The first-order chi connectivity index (χ1) is 13.4. The number of hydrogen-bond acceptors (Lipinski definition) is 3. The molecule has 4 aliphatic rings. The van der Waals surface area contributed by atoms with Crippen molar-refractivity contribution in [2.75, 3.05) is 13.1 Å². The fourth-order valence-corrected chi connectivity index (χ4v) is 5.69. The normalized spacial score (nSPS) is 34.2. The number of esters is 1. The van der Waals surface area contributed by atoms with Crippen molar-refractivity contribution in [2.45, 2.75) is 76.2 Å². The summed E-state index contributed by atoms with van der Waals surface area (Å²) in [5, 5.41) is 0. The van der Waals surface area contributed by atoms with Crippen LogP contribution in [-0.2, 0) is 19.7 Å². The van der Waals surface area contributed by atoms with Crippen LogP contribution >= 0.6 is 0 Å². The predicted molar refractivity (Wildman–Crippen MR) is 107 cm³/mol. The summed E-state index contributed by atoms with van der Waals surface area (Å²) in [7, 11) is 0. The summed E-state index contributed by atoms with van der Waals surface area (Å²) >= 11 is 0. The van der Waals surface area contributed by atoms with Gasteiger partial charge in [-0.3, -0.25) is 9.59 Å². The third-order valence-electron chi connectivity index (χ3n) is 8.21. The summed E-state index contributed by atoms with van der Waals surface area (Å²) in [6.45, 7) is 6.05. The van der Waals surface area contributed by atoms with Gasteiger partial charge in [0, 0.05) is 24.4 Å². The standard InChI is InChI=1S/C24H31NO3/c1-16-24(15-21(26)28-16)13-19(14-24)22(27)25-11-7-18(8-12-25)17-3-5-20(6-4-17)23(2)9-10-23/h3-6,16,18-19H,7-15H2,1-2H3. The van der Waals surface area contributed by atoms with Crippen LogP contribution in [0.15, 0.2) is 24.3 Å². The second-order valence-corrected chi connectivity index (χ2v) is 10.1. The van der Waals surface area contributed by atoms with E-state index in [9.17, 15) is 9.59 Å². The van der Waals surface area contributed by atoms with Crippen molar-refractivity contribution in [2.24, 2.45) is 11.3 Å². The summed E-state index contributed by atoms with van der Waals surface area (Å²) in [5.74, 6) is 0.860. The van der Waals surface area contributed by atoms with Crippen molar-refractivity contribution in [1.82, 2.24) is 4.90 Å². The van der Waals surface area contributed by atoms with E-state index in [-0.39, 0.29) is 23.4 Å². The molecular formula is C24H31NO3. The number of ether oxygens (including phenoxy) is 1. The monoisotopic (exact) mass is 381 g/mol. The molecule has 1 amide bonds. The Kier molecular flexibility index (Phi) is 4.12. The number of nitrogens with zero attached hydrogens (tertiary/aromatic N) is 1. The van der Waals surface area contributed by atoms with Crippen LogP contribution in [0.25, 0.3) is 0 Å². The van der Waals surface area contributed by atoms with Crippen LogP contribution in [0.5, 0.6) is 0 Å². The van der Waals surface area contributed by atoms with Gasteiger partial charge < -0.3 is 9.64 Å². The second-order valence-electron chi connectivity index (χ2n) is 10.1. The molecule has 1 aromatic carbocycles. The lowest BCUT2D eigenvalue weighted by molar-refractivity contribution is -0.147. The number of cyclic esters (lactones) is 1. The lowest BCUT2D eigenvalue weighted by Gasteiger charge is -2.47. The lowest BCUT2D eigenvalue weighted by Crippen LogP contribution is -2.51. The lowest BCUT2D eigenvalue weighted by atomic mass is 9.58. The fourth-order valence-electron chi connectivity index (χ4n) is 5.69.